The van der Waals surface area contributed by atoms with Crippen LogP contribution in [-0.4, -0.2) is 32.2 Å². The van der Waals surface area contributed by atoms with Crippen LogP contribution in [0.15, 0.2) is 42.5 Å². The van der Waals surface area contributed by atoms with Crippen molar-refractivity contribution in [3.05, 3.63) is 53.1 Å². The molecular formula is C18H18ClNO5. The zero-order valence-electron chi connectivity index (χ0n) is 13.9. The molecule has 7 heteroatoms. The Kier molecular flexibility index (Phi) is 6.65. The molecule has 0 aliphatic rings. The highest BCUT2D eigenvalue weighted by Crippen LogP contribution is 2.22. The van der Waals surface area contributed by atoms with Crippen LogP contribution in [-0.2, 0) is 14.3 Å². The predicted molar refractivity (Wildman–Crippen MR) is 94.3 cm³/mol. The van der Waals surface area contributed by atoms with E-state index in [0.717, 1.165) is 5.56 Å². The minimum atomic E-state index is -0.645. The summed E-state index contributed by atoms with van der Waals surface area (Å²) in [5.74, 6) is 0.0802. The molecule has 0 aliphatic carbocycles. The first kappa shape index (κ1) is 18.6. The monoisotopic (exact) mass is 363 g/mol. The highest BCUT2D eigenvalue weighted by Gasteiger charge is 2.10. The average molecular weight is 364 g/mol. The van der Waals surface area contributed by atoms with Crippen molar-refractivity contribution < 1.29 is 23.8 Å². The third-order valence-electron chi connectivity index (χ3n) is 3.32. The SMILES string of the molecule is COc1ccc(OCC(=O)OCC(=O)Nc2cccc(Cl)c2C)cc1. The van der Waals surface area contributed by atoms with Crippen LogP contribution in [0.3, 0.4) is 0 Å². The summed E-state index contributed by atoms with van der Waals surface area (Å²) in [4.78, 5) is 23.5. The average Bonchev–Trinajstić information content (AvgIpc) is 2.62. The Balaban J connectivity index is 1.75. The van der Waals surface area contributed by atoms with Crippen molar-refractivity contribution in [3.8, 4) is 11.5 Å². The Morgan fingerprint density at radius 2 is 1.72 bits per heavy atom. The van der Waals surface area contributed by atoms with Crippen LogP contribution in [0.5, 0.6) is 11.5 Å². The maximum Gasteiger partial charge on any atom is 0.344 e. The van der Waals surface area contributed by atoms with E-state index in [1.54, 1.807) is 56.5 Å². The van der Waals surface area contributed by atoms with E-state index >= 15 is 0 Å². The number of amides is 1. The maximum atomic E-state index is 11.8. The van der Waals surface area contributed by atoms with Gasteiger partial charge in [0, 0.05) is 10.7 Å². The minimum Gasteiger partial charge on any atom is -0.497 e. The van der Waals surface area contributed by atoms with E-state index in [-0.39, 0.29) is 6.61 Å². The zero-order chi connectivity index (χ0) is 18.2. The van der Waals surface area contributed by atoms with Crippen LogP contribution in [0.25, 0.3) is 0 Å². The predicted octanol–water partition coefficient (Wildman–Crippen LogP) is 3.22. The molecule has 6 nitrogen and oxygen atoms in total. The number of hydrogen-bond donors (Lipinski definition) is 1. The lowest BCUT2D eigenvalue weighted by Crippen LogP contribution is -2.24. The number of hydrogen-bond acceptors (Lipinski definition) is 5. The van der Waals surface area contributed by atoms with Gasteiger partial charge in [-0.25, -0.2) is 4.79 Å². The third-order valence-corrected chi connectivity index (χ3v) is 3.73. The van der Waals surface area contributed by atoms with Crippen LogP contribution in [0.4, 0.5) is 5.69 Å². The molecule has 0 radical (unpaired) electrons. The lowest BCUT2D eigenvalue weighted by Gasteiger charge is -2.10. The minimum absolute atomic E-state index is 0.296. The van der Waals surface area contributed by atoms with E-state index < -0.39 is 18.5 Å². The van der Waals surface area contributed by atoms with Crippen LogP contribution in [0, 0.1) is 6.92 Å². The molecule has 0 spiro atoms. The van der Waals surface area contributed by atoms with Gasteiger partial charge < -0.3 is 19.5 Å². The molecule has 1 N–H and O–H groups in total. The first-order valence-corrected chi connectivity index (χ1v) is 7.85. The molecule has 0 fully saturated rings. The molecule has 0 unspecified atom stereocenters. The van der Waals surface area contributed by atoms with Crippen LogP contribution in [0.1, 0.15) is 5.56 Å². The second kappa shape index (κ2) is 8.94. The number of carbonyl (C=O) groups is 2. The summed E-state index contributed by atoms with van der Waals surface area (Å²) in [6.45, 7) is 1.08. The highest BCUT2D eigenvalue weighted by atomic mass is 35.5. The van der Waals surface area contributed by atoms with E-state index in [4.69, 9.17) is 25.8 Å². The lowest BCUT2D eigenvalue weighted by atomic mass is 10.2. The van der Waals surface area contributed by atoms with Crippen molar-refractivity contribution in [2.75, 3.05) is 25.6 Å². The largest absolute Gasteiger partial charge is 0.497 e. The van der Waals surface area contributed by atoms with Gasteiger partial charge in [-0.1, -0.05) is 17.7 Å². The summed E-state index contributed by atoms with van der Waals surface area (Å²) in [5.41, 5.74) is 1.31. The number of esters is 1. The Morgan fingerprint density at radius 3 is 2.40 bits per heavy atom. The summed E-state index contributed by atoms with van der Waals surface area (Å²) in [6.07, 6.45) is 0. The van der Waals surface area contributed by atoms with Crippen molar-refractivity contribution in [3.63, 3.8) is 0 Å². The summed E-state index contributed by atoms with van der Waals surface area (Å²) in [5, 5.41) is 3.18. The van der Waals surface area contributed by atoms with Crippen LogP contribution in [0.2, 0.25) is 5.02 Å². The Hall–Kier alpha value is -2.73. The van der Waals surface area contributed by atoms with Crippen molar-refractivity contribution in [1.29, 1.82) is 0 Å². The van der Waals surface area contributed by atoms with E-state index in [1.165, 1.54) is 0 Å². The van der Waals surface area contributed by atoms with Gasteiger partial charge in [0.15, 0.2) is 13.2 Å². The molecule has 2 aromatic carbocycles. The number of ether oxygens (including phenoxy) is 3. The number of methoxy groups -OCH3 is 1. The number of benzene rings is 2. The molecule has 25 heavy (non-hydrogen) atoms. The third kappa shape index (κ3) is 5.69. The summed E-state index contributed by atoms with van der Waals surface area (Å²) in [7, 11) is 1.56. The van der Waals surface area contributed by atoms with Crippen molar-refractivity contribution in [1.82, 2.24) is 0 Å². The van der Waals surface area contributed by atoms with Crippen molar-refractivity contribution in [2.45, 2.75) is 6.92 Å². The van der Waals surface area contributed by atoms with Gasteiger partial charge in [-0.3, -0.25) is 4.79 Å². The Labute approximate surface area is 150 Å². The van der Waals surface area contributed by atoms with Crippen molar-refractivity contribution >= 4 is 29.2 Å². The molecule has 0 saturated heterocycles. The van der Waals surface area contributed by atoms with Crippen molar-refractivity contribution in [2.24, 2.45) is 0 Å². The normalized spacial score (nSPS) is 10.0. The highest BCUT2D eigenvalue weighted by molar-refractivity contribution is 6.31. The lowest BCUT2D eigenvalue weighted by molar-refractivity contribution is -0.149. The summed E-state index contributed by atoms with van der Waals surface area (Å²) in [6, 6.07) is 11.9. The second-order valence-electron chi connectivity index (χ2n) is 5.09. The standard InChI is InChI=1S/C18H18ClNO5/c1-12-15(19)4-3-5-16(12)20-17(21)10-25-18(22)11-24-14-8-6-13(23-2)7-9-14/h3-9H,10-11H2,1-2H3,(H,20,21). The molecule has 2 aromatic rings. The summed E-state index contributed by atoms with van der Waals surface area (Å²) >= 11 is 5.98. The molecule has 0 saturated carbocycles. The topological polar surface area (TPSA) is 73.9 Å². The van der Waals surface area contributed by atoms with E-state index in [1.807, 2.05) is 0 Å². The van der Waals surface area contributed by atoms with Gasteiger partial charge >= 0.3 is 5.97 Å². The van der Waals surface area contributed by atoms with Gasteiger partial charge in [-0.05, 0) is 48.9 Å². The number of carbonyl (C=O) groups excluding carboxylic acids is 2. The Morgan fingerprint density at radius 1 is 1.04 bits per heavy atom. The zero-order valence-corrected chi connectivity index (χ0v) is 14.6. The smallest absolute Gasteiger partial charge is 0.344 e. The number of anilines is 1. The van der Waals surface area contributed by atoms with Gasteiger partial charge in [0.25, 0.3) is 5.91 Å². The number of nitrogens with one attached hydrogen (secondary N) is 1. The fourth-order valence-electron chi connectivity index (χ4n) is 1.93. The summed E-state index contributed by atoms with van der Waals surface area (Å²) < 4.78 is 15.2. The number of rotatable bonds is 7. The number of halogens is 1. The molecule has 0 bridgehead atoms. The van der Waals surface area contributed by atoms with E-state index in [0.29, 0.717) is 22.2 Å². The van der Waals surface area contributed by atoms with Crippen LogP contribution >= 0.6 is 11.6 Å². The molecular weight excluding hydrogens is 346 g/mol. The quantitative estimate of drug-likeness (QED) is 0.764. The first-order chi connectivity index (χ1) is 12.0. The molecule has 132 valence electrons. The fraction of sp³-hybridized carbons (Fsp3) is 0.222. The van der Waals surface area contributed by atoms with Gasteiger partial charge in [0.1, 0.15) is 11.5 Å². The van der Waals surface area contributed by atoms with E-state index in [2.05, 4.69) is 5.32 Å². The molecule has 1 amide bonds. The van der Waals surface area contributed by atoms with Gasteiger partial charge in [0.05, 0.1) is 7.11 Å². The maximum absolute atomic E-state index is 11.8. The van der Waals surface area contributed by atoms with Gasteiger partial charge in [-0.15, -0.1) is 0 Å². The molecule has 0 aliphatic heterocycles. The van der Waals surface area contributed by atoms with Gasteiger partial charge in [0.2, 0.25) is 0 Å². The fourth-order valence-corrected chi connectivity index (χ4v) is 2.11. The second-order valence-corrected chi connectivity index (χ2v) is 5.49. The van der Waals surface area contributed by atoms with Gasteiger partial charge in [-0.2, -0.15) is 0 Å². The molecule has 2 rings (SSSR count). The molecule has 0 aromatic heterocycles. The van der Waals surface area contributed by atoms with Crippen LogP contribution < -0.4 is 14.8 Å². The molecule has 0 atom stereocenters. The van der Waals surface area contributed by atoms with E-state index in [9.17, 15) is 9.59 Å². The Bertz CT molecular complexity index is 746. The first-order valence-electron chi connectivity index (χ1n) is 7.47. The molecule has 0 heterocycles.